The van der Waals surface area contributed by atoms with Crippen molar-refractivity contribution in [2.75, 3.05) is 0 Å². The van der Waals surface area contributed by atoms with Crippen LogP contribution in [-0.4, -0.2) is 5.11 Å². The molecule has 0 radical (unpaired) electrons. The minimum atomic E-state index is -0.401. The van der Waals surface area contributed by atoms with Gasteiger partial charge in [0.25, 0.3) is 0 Å². The molecule has 2 nitrogen and oxygen atoms in total. The number of rotatable bonds is 4. The molecular weight excluding hydrogens is 290 g/mol. The van der Waals surface area contributed by atoms with Crippen LogP contribution in [0.5, 0.6) is 5.75 Å². The van der Waals surface area contributed by atoms with Crippen LogP contribution in [0.3, 0.4) is 0 Å². The average Bonchev–Trinajstić information content (AvgIpc) is 2.40. The standard InChI is InChI=1S/C14H11Cl2FO2/c15-11-4-5-13(17)10(6-11)8-19-14-9(7-18)2-1-3-12(14)16/h1-6,18H,7-8H2. The largest absolute Gasteiger partial charge is 0.487 e. The van der Waals surface area contributed by atoms with Crippen LogP contribution in [0.1, 0.15) is 11.1 Å². The predicted molar refractivity (Wildman–Crippen MR) is 73.1 cm³/mol. The summed E-state index contributed by atoms with van der Waals surface area (Å²) in [7, 11) is 0. The number of ether oxygens (including phenoxy) is 1. The van der Waals surface area contributed by atoms with E-state index in [1.807, 2.05) is 0 Å². The summed E-state index contributed by atoms with van der Waals surface area (Å²) in [5.74, 6) is -0.0481. The molecule has 2 aromatic rings. The molecule has 0 unspecified atom stereocenters. The fourth-order valence-corrected chi connectivity index (χ4v) is 2.09. The Labute approximate surface area is 120 Å². The van der Waals surface area contributed by atoms with Crippen LogP contribution in [0.4, 0.5) is 4.39 Å². The van der Waals surface area contributed by atoms with E-state index in [1.54, 1.807) is 18.2 Å². The van der Waals surface area contributed by atoms with Crippen molar-refractivity contribution in [3.05, 3.63) is 63.4 Å². The van der Waals surface area contributed by atoms with Crippen molar-refractivity contribution in [2.24, 2.45) is 0 Å². The maximum Gasteiger partial charge on any atom is 0.143 e. The first-order valence-electron chi connectivity index (χ1n) is 5.57. The summed E-state index contributed by atoms with van der Waals surface area (Å²) in [6.07, 6.45) is 0. The van der Waals surface area contributed by atoms with Gasteiger partial charge >= 0.3 is 0 Å². The molecule has 5 heteroatoms. The quantitative estimate of drug-likeness (QED) is 0.917. The molecule has 0 bridgehead atoms. The van der Waals surface area contributed by atoms with Crippen LogP contribution in [0.2, 0.25) is 10.0 Å². The van der Waals surface area contributed by atoms with Gasteiger partial charge in [0.15, 0.2) is 0 Å². The molecule has 0 aliphatic rings. The first kappa shape index (κ1) is 14.1. The molecule has 2 aromatic carbocycles. The third kappa shape index (κ3) is 3.38. The van der Waals surface area contributed by atoms with Gasteiger partial charge in [0.1, 0.15) is 18.2 Å². The molecule has 0 aliphatic carbocycles. The van der Waals surface area contributed by atoms with E-state index in [2.05, 4.69) is 0 Å². The lowest BCUT2D eigenvalue weighted by molar-refractivity contribution is 0.257. The van der Waals surface area contributed by atoms with Crippen LogP contribution in [0.25, 0.3) is 0 Å². The highest BCUT2D eigenvalue weighted by atomic mass is 35.5. The molecular formula is C14H11Cl2FO2. The Morgan fingerprint density at radius 2 is 1.89 bits per heavy atom. The van der Waals surface area contributed by atoms with Crippen molar-refractivity contribution < 1.29 is 14.2 Å². The number of hydrogen-bond acceptors (Lipinski definition) is 2. The van der Waals surface area contributed by atoms with E-state index in [9.17, 15) is 9.50 Å². The maximum absolute atomic E-state index is 13.5. The van der Waals surface area contributed by atoms with Crippen LogP contribution < -0.4 is 4.74 Å². The highest BCUT2D eigenvalue weighted by molar-refractivity contribution is 6.32. The zero-order valence-corrected chi connectivity index (χ0v) is 11.4. The number of benzene rings is 2. The summed E-state index contributed by atoms with van der Waals surface area (Å²) in [6, 6.07) is 9.28. The van der Waals surface area contributed by atoms with Crippen molar-refractivity contribution in [1.82, 2.24) is 0 Å². The van der Waals surface area contributed by atoms with Crippen molar-refractivity contribution in [2.45, 2.75) is 13.2 Å². The molecule has 0 saturated carbocycles. The minimum Gasteiger partial charge on any atom is -0.487 e. The molecule has 0 aliphatic heterocycles. The Morgan fingerprint density at radius 3 is 2.63 bits per heavy atom. The van der Waals surface area contributed by atoms with Gasteiger partial charge in [-0.2, -0.15) is 0 Å². The fourth-order valence-electron chi connectivity index (χ4n) is 1.64. The molecule has 0 aromatic heterocycles. The topological polar surface area (TPSA) is 29.5 Å². The van der Waals surface area contributed by atoms with E-state index in [1.165, 1.54) is 18.2 Å². The zero-order chi connectivity index (χ0) is 13.8. The molecule has 0 fully saturated rings. The van der Waals surface area contributed by atoms with Crippen LogP contribution in [0, 0.1) is 5.82 Å². The smallest absolute Gasteiger partial charge is 0.143 e. The van der Waals surface area contributed by atoms with E-state index in [0.29, 0.717) is 26.9 Å². The summed E-state index contributed by atoms with van der Waals surface area (Å²) in [6.45, 7) is -0.211. The van der Waals surface area contributed by atoms with Crippen molar-refractivity contribution in [3.8, 4) is 5.75 Å². The third-order valence-corrected chi connectivity index (χ3v) is 3.13. The summed E-state index contributed by atoms with van der Waals surface area (Å²) >= 11 is 11.8. The van der Waals surface area contributed by atoms with E-state index in [0.717, 1.165) is 0 Å². The van der Waals surface area contributed by atoms with Gasteiger partial charge in [0.05, 0.1) is 11.6 Å². The number of aliphatic hydroxyl groups is 1. The Hall–Kier alpha value is -1.29. The summed E-state index contributed by atoms with van der Waals surface area (Å²) < 4.78 is 19.0. The summed E-state index contributed by atoms with van der Waals surface area (Å²) in [5.41, 5.74) is 0.881. The van der Waals surface area contributed by atoms with Gasteiger partial charge in [-0.15, -0.1) is 0 Å². The summed E-state index contributed by atoms with van der Waals surface area (Å²) in [5, 5.41) is 10.0. The molecule has 0 heterocycles. The van der Waals surface area contributed by atoms with E-state index < -0.39 is 5.82 Å². The second kappa shape index (κ2) is 6.24. The van der Waals surface area contributed by atoms with E-state index >= 15 is 0 Å². The van der Waals surface area contributed by atoms with Gasteiger partial charge in [0, 0.05) is 16.1 Å². The molecule has 19 heavy (non-hydrogen) atoms. The highest BCUT2D eigenvalue weighted by Gasteiger charge is 2.10. The first-order valence-corrected chi connectivity index (χ1v) is 6.32. The van der Waals surface area contributed by atoms with Gasteiger partial charge in [-0.3, -0.25) is 0 Å². The third-order valence-electron chi connectivity index (χ3n) is 2.60. The molecule has 1 N–H and O–H groups in total. The predicted octanol–water partition coefficient (Wildman–Crippen LogP) is 4.20. The SMILES string of the molecule is OCc1cccc(Cl)c1OCc1cc(Cl)ccc1F. The second-order valence-corrected chi connectivity index (χ2v) is 4.75. The van der Waals surface area contributed by atoms with Gasteiger partial charge < -0.3 is 9.84 Å². The summed E-state index contributed by atoms with van der Waals surface area (Å²) in [4.78, 5) is 0. The molecule has 0 saturated heterocycles. The molecule has 0 spiro atoms. The Bertz CT molecular complexity index is 588. The number of aliphatic hydroxyl groups excluding tert-OH is 1. The van der Waals surface area contributed by atoms with Crippen LogP contribution in [-0.2, 0) is 13.2 Å². The van der Waals surface area contributed by atoms with Gasteiger partial charge in [0.2, 0.25) is 0 Å². The van der Waals surface area contributed by atoms with Crippen molar-refractivity contribution >= 4 is 23.2 Å². The number of halogens is 3. The lowest BCUT2D eigenvalue weighted by atomic mass is 10.2. The molecule has 2 rings (SSSR count). The van der Waals surface area contributed by atoms with Crippen molar-refractivity contribution in [1.29, 1.82) is 0 Å². The zero-order valence-electron chi connectivity index (χ0n) is 9.87. The molecule has 0 atom stereocenters. The molecule has 0 amide bonds. The van der Waals surface area contributed by atoms with Crippen molar-refractivity contribution in [3.63, 3.8) is 0 Å². The number of para-hydroxylation sites is 1. The normalized spacial score (nSPS) is 10.5. The minimum absolute atomic E-state index is 0.0108. The van der Waals surface area contributed by atoms with E-state index in [4.69, 9.17) is 27.9 Å². The second-order valence-electron chi connectivity index (χ2n) is 3.91. The van der Waals surface area contributed by atoms with Crippen LogP contribution >= 0.6 is 23.2 Å². The monoisotopic (exact) mass is 300 g/mol. The maximum atomic E-state index is 13.5. The first-order chi connectivity index (χ1) is 9.11. The van der Waals surface area contributed by atoms with Gasteiger partial charge in [-0.25, -0.2) is 4.39 Å². The Morgan fingerprint density at radius 1 is 1.11 bits per heavy atom. The van der Waals surface area contributed by atoms with E-state index in [-0.39, 0.29) is 13.2 Å². The lowest BCUT2D eigenvalue weighted by Gasteiger charge is -2.12. The lowest BCUT2D eigenvalue weighted by Crippen LogP contribution is -2.01. The Balaban J connectivity index is 2.21. The number of hydrogen-bond donors (Lipinski definition) is 1. The van der Waals surface area contributed by atoms with Crippen LogP contribution in [0.15, 0.2) is 36.4 Å². The fraction of sp³-hybridized carbons (Fsp3) is 0.143. The highest BCUT2D eigenvalue weighted by Crippen LogP contribution is 2.29. The molecule has 100 valence electrons. The Kier molecular flexibility index (Phi) is 4.64. The van der Waals surface area contributed by atoms with Gasteiger partial charge in [-0.05, 0) is 24.3 Å². The average molecular weight is 301 g/mol. The van der Waals surface area contributed by atoms with Gasteiger partial charge in [-0.1, -0.05) is 35.3 Å².